The Hall–Kier alpha value is -1.58. The highest BCUT2D eigenvalue weighted by atomic mass is 16.7. The van der Waals surface area contributed by atoms with E-state index >= 15 is 0 Å². The molecule has 2 aliphatic heterocycles. The lowest BCUT2D eigenvalue weighted by Crippen LogP contribution is -2.46. The Labute approximate surface area is 184 Å². The number of carboxylic acid groups (broad SMARTS) is 2. The third-order valence-electron chi connectivity index (χ3n) is 6.43. The van der Waals surface area contributed by atoms with Crippen molar-refractivity contribution in [3.05, 3.63) is 0 Å². The van der Waals surface area contributed by atoms with Gasteiger partial charge in [0.1, 0.15) is 0 Å². The standard InChI is InChI=1S/C20H34B2O9/c1-16(2,3)21-29-18(6,7)19(8,30-21)10-9-17(4,5)22-28-15(27)20(31-22,11-13(23)24)12-14(25)26/h9-12H2,1-8H3,(H,23,24)(H,25,26). The van der Waals surface area contributed by atoms with Gasteiger partial charge in [0.2, 0.25) is 0 Å². The Kier molecular flexibility index (Phi) is 6.69. The van der Waals surface area contributed by atoms with Gasteiger partial charge in [0.25, 0.3) is 0 Å². The molecule has 0 amide bonds. The third-order valence-corrected chi connectivity index (χ3v) is 6.43. The molecule has 2 heterocycles. The van der Waals surface area contributed by atoms with Gasteiger partial charge in [-0.2, -0.15) is 0 Å². The van der Waals surface area contributed by atoms with Crippen LogP contribution in [0.3, 0.4) is 0 Å². The normalized spacial score (nSPS) is 25.6. The van der Waals surface area contributed by atoms with Crippen LogP contribution in [0.1, 0.15) is 81.1 Å². The lowest BCUT2D eigenvalue weighted by molar-refractivity contribution is -0.157. The molecule has 0 aromatic rings. The van der Waals surface area contributed by atoms with Gasteiger partial charge in [-0.15, -0.1) is 0 Å². The minimum atomic E-state index is -2.03. The van der Waals surface area contributed by atoms with Crippen molar-refractivity contribution >= 4 is 32.1 Å². The smallest absolute Gasteiger partial charge is 0.507 e. The van der Waals surface area contributed by atoms with Gasteiger partial charge in [-0.3, -0.25) is 14.4 Å². The van der Waals surface area contributed by atoms with Crippen LogP contribution in [0.2, 0.25) is 10.6 Å². The summed E-state index contributed by atoms with van der Waals surface area (Å²) in [6.07, 6.45) is -0.497. The lowest BCUT2D eigenvalue weighted by atomic mass is 9.56. The van der Waals surface area contributed by atoms with Gasteiger partial charge < -0.3 is 28.8 Å². The summed E-state index contributed by atoms with van der Waals surface area (Å²) in [5, 5.41) is 17.4. The maximum atomic E-state index is 12.5. The van der Waals surface area contributed by atoms with E-state index in [4.69, 9.17) is 18.6 Å². The van der Waals surface area contributed by atoms with Crippen LogP contribution < -0.4 is 0 Å². The first-order valence-electron chi connectivity index (χ1n) is 10.5. The molecule has 2 rings (SSSR count). The molecule has 0 saturated carbocycles. The van der Waals surface area contributed by atoms with E-state index in [0.29, 0.717) is 12.8 Å². The van der Waals surface area contributed by atoms with Crippen molar-refractivity contribution in [1.29, 1.82) is 0 Å². The minimum absolute atomic E-state index is 0.206. The molecule has 31 heavy (non-hydrogen) atoms. The van der Waals surface area contributed by atoms with Crippen LogP contribution in [0.25, 0.3) is 0 Å². The molecule has 9 nitrogen and oxygen atoms in total. The van der Waals surface area contributed by atoms with Crippen LogP contribution in [-0.4, -0.2) is 59.2 Å². The molecule has 0 bridgehead atoms. The van der Waals surface area contributed by atoms with Gasteiger partial charge in [0, 0.05) is 5.31 Å². The van der Waals surface area contributed by atoms with Crippen molar-refractivity contribution in [3.63, 3.8) is 0 Å². The van der Waals surface area contributed by atoms with E-state index in [-0.39, 0.29) is 12.4 Å². The maximum absolute atomic E-state index is 12.5. The highest BCUT2D eigenvalue weighted by Crippen LogP contribution is 2.50. The fourth-order valence-corrected chi connectivity index (χ4v) is 3.77. The van der Waals surface area contributed by atoms with Gasteiger partial charge >= 0.3 is 32.1 Å². The van der Waals surface area contributed by atoms with Gasteiger partial charge in [-0.25, -0.2) is 0 Å². The van der Waals surface area contributed by atoms with Crippen LogP contribution in [0, 0.1) is 0 Å². The number of carboxylic acids is 2. The number of carbonyl (C=O) groups excluding carboxylic acids is 1. The quantitative estimate of drug-likeness (QED) is 0.547. The fourth-order valence-electron chi connectivity index (χ4n) is 3.77. The van der Waals surface area contributed by atoms with E-state index in [9.17, 15) is 24.6 Å². The van der Waals surface area contributed by atoms with Crippen molar-refractivity contribution < 1.29 is 43.2 Å². The summed E-state index contributed by atoms with van der Waals surface area (Å²) in [6, 6.07) is 0. The molecule has 0 aromatic carbocycles. The van der Waals surface area contributed by atoms with Crippen LogP contribution >= 0.6 is 0 Å². The molecular weight excluding hydrogens is 406 g/mol. The minimum Gasteiger partial charge on any atom is -0.507 e. The van der Waals surface area contributed by atoms with Crippen LogP contribution in [0.5, 0.6) is 0 Å². The maximum Gasteiger partial charge on any atom is 0.534 e. The highest BCUT2D eigenvalue weighted by molar-refractivity contribution is 6.53. The summed E-state index contributed by atoms with van der Waals surface area (Å²) < 4.78 is 23.6. The summed E-state index contributed by atoms with van der Waals surface area (Å²) in [5.41, 5.74) is -3.22. The highest BCUT2D eigenvalue weighted by Gasteiger charge is 2.61. The van der Waals surface area contributed by atoms with Gasteiger partial charge in [0.15, 0.2) is 5.60 Å². The number of rotatable bonds is 8. The summed E-state index contributed by atoms with van der Waals surface area (Å²) in [6.45, 7) is 15.7. The topological polar surface area (TPSA) is 129 Å². The van der Waals surface area contributed by atoms with E-state index in [2.05, 4.69) is 0 Å². The molecule has 0 radical (unpaired) electrons. The third kappa shape index (κ3) is 5.26. The molecule has 0 spiro atoms. The fraction of sp³-hybridized carbons (Fsp3) is 0.850. The predicted octanol–water partition coefficient (Wildman–Crippen LogP) is 3.17. The first-order chi connectivity index (χ1) is 13.8. The van der Waals surface area contributed by atoms with E-state index in [1.165, 1.54) is 0 Å². The number of hydrogen-bond donors (Lipinski definition) is 2. The Balaban J connectivity index is 2.16. The summed E-state index contributed by atoms with van der Waals surface area (Å²) in [7, 11) is -1.46. The zero-order chi connectivity index (χ0) is 24.0. The largest absolute Gasteiger partial charge is 0.534 e. The second-order valence-corrected chi connectivity index (χ2v) is 11.2. The molecule has 0 aliphatic carbocycles. The monoisotopic (exact) mass is 440 g/mol. The molecular formula is C20H34B2O9. The number of hydrogen-bond acceptors (Lipinski definition) is 7. The molecule has 1 unspecified atom stereocenters. The van der Waals surface area contributed by atoms with Gasteiger partial charge in [-0.1, -0.05) is 34.6 Å². The Morgan fingerprint density at radius 3 is 1.84 bits per heavy atom. The SMILES string of the molecule is CC(C)(C)B1OC(C)(C)C(C)(CCC(C)(C)B2OC(=O)C(CC(=O)O)(CC(=O)O)O2)O1. The lowest BCUT2D eigenvalue weighted by Gasteiger charge is -2.39. The molecule has 0 aromatic heterocycles. The van der Waals surface area contributed by atoms with E-state index < -0.39 is 60.0 Å². The van der Waals surface area contributed by atoms with Gasteiger partial charge in [0.05, 0.1) is 24.0 Å². The van der Waals surface area contributed by atoms with Gasteiger partial charge in [-0.05, 0) is 38.9 Å². The van der Waals surface area contributed by atoms with Crippen molar-refractivity contribution in [2.24, 2.45) is 0 Å². The van der Waals surface area contributed by atoms with Crippen molar-refractivity contribution in [2.45, 2.75) is 109 Å². The molecule has 2 aliphatic rings. The Bertz CT molecular complexity index is 727. The molecule has 1 atom stereocenters. The Morgan fingerprint density at radius 1 is 0.903 bits per heavy atom. The second-order valence-electron chi connectivity index (χ2n) is 11.2. The molecule has 2 N–H and O–H groups in total. The zero-order valence-corrected chi connectivity index (χ0v) is 19.7. The van der Waals surface area contributed by atoms with Crippen molar-refractivity contribution in [2.75, 3.05) is 0 Å². The van der Waals surface area contributed by atoms with Crippen LogP contribution in [0.15, 0.2) is 0 Å². The van der Waals surface area contributed by atoms with Crippen molar-refractivity contribution in [3.8, 4) is 0 Å². The average molecular weight is 440 g/mol. The first kappa shape index (κ1) is 25.7. The molecule has 11 heteroatoms. The van der Waals surface area contributed by atoms with Crippen LogP contribution in [-0.2, 0) is 33.0 Å². The molecule has 174 valence electrons. The zero-order valence-electron chi connectivity index (χ0n) is 19.7. The second kappa shape index (κ2) is 8.08. The van der Waals surface area contributed by atoms with E-state index in [1.54, 1.807) is 0 Å². The van der Waals surface area contributed by atoms with Crippen LogP contribution in [0.4, 0.5) is 0 Å². The summed E-state index contributed by atoms with van der Waals surface area (Å²) in [4.78, 5) is 35.0. The Morgan fingerprint density at radius 2 is 1.42 bits per heavy atom. The molecule has 2 fully saturated rings. The number of carbonyl (C=O) groups is 3. The van der Waals surface area contributed by atoms with E-state index in [0.717, 1.165) is 0 Å². The predicted molar refractivity (Wildman–Crippen MR) is 114 cm³/mol. The molecule has 2 saturated heterocycles. The number of aliphatic carboxylic acids is 2. The summed E-state index contributed by atoms with van der Waals surface area (Å²) in [5.74, 6) is -3.64. The summed E-state index contributed by atoms with van der Waals surface area (Å²) >= 11 is 0. The van der Waals surface area contributed by atoms with Crippen molar-refractivity contribution in [1.82, 2.24) is 0 Å². The van der Waals surface area contributed by atoms with E-state index in [1.807, 2.05) is 55.4 Å². The average Bonchev–Trinajstić information content (AvgIpc) is 2.99. The first-order valence-corrected chi connectivity index (χ1v) is 10.5.